The van der Waals surface area contributed by atoms with Gasteiger partial charge in [0.1, 0.15) is 5.75 Å². The summed E-state index contributed by atoms with van der Waals surface area (Å²) in [5.41, 5.74) is 0. The van der Waals surface area contributed by atoms with Gasteiger partial charge in [0.05, 0.1) is 6.61 Å². The summed E-state index contributed by atoms with van der Waals surface area (Å²) in [4.78, 5) is 6.99. The zero-order valence-electron chi connectivity index (χ0n) is 16.8. The van der Waals surface area contributed by atoms with Crippen LogP contribution in [0.3, 0.4) is 0 Å². The molecule has 1 rings (SSSR count). The summed E-state index contributed by atoms with van der Waals surface area (Å²) in [5.74, 6) is 1.82. The summed E-state index contributed by atoms with van der Waals surface area (Å²) in [6, 6.07) is 10.5. The number of benzene rings is 1. The number of guanidine groups is 1. The van der Waals surface area contributed by atoms with E-state index in [-0.39, 0.29) is 24.0 Å². The van der Waals surface area contributed by atoms with Crippen molar-refractivity contribution >= 4 is 29.9 Å². The molecule has 6 heteroatoms. The van der Waals surface area contributed by atoms with Gasteiger partial charge in [-0.05, 0) is 59.3 Å². The zero-order chi connectivity index (χ0) is 18.3. The van der Waals surface area contributed by atoms with Gasteiger partial charge in [-0.2, -0.15) is 0 Å². The van der Waals surface area contributed by atoms with Crippen molar-refractivity contribution in [3.63, 3.8) is 0 Å². The second-order valence-corrected chi connectivity index (χ2v) is 6.48. The van der Waals surface area contributed by atoms with Crippen LogP contribution in [-0.4, -0.2) is 56.7 Å². The molecule has 1 aromatic rings. The second-order valence-electron chi connectivity index (χ2n) is 6.48. The first kappa shape index (κ1) is 25.0. The fourth-order valence-corrected chi connectivity index (χ4v) is 2.26. The summed E-state index contributed by atoms with van der Waals surface area (Å²) in [6.07, 6.45) is 3.26. The molecular formula is C20H37IN4O. The van der Waals surface area contributed by atoms with Gasteiger partial charge >= 0.3 is 0 Å². The molecule has 0 atom stereocenters. The maximum Gasteiger partial charge on any atom is 0.191 e. The molecule has 0 saturated heterocycles. The fraction of sp³-hybridized carbons (Fsp3) is 0.650. The third-order valence-electron chi connectivity index (χ3n) is 4.04. The first-order chi connectivity index (χ1) is 12.1. The van der Waals surface area contributed by atoms with Crippen LogP contribution >= 0.6 is 24.0 Å². The molecule has 1 aromatic carbocycles. The summed E-state index contributed by atoms with van der Waals surface area (Å²) < 4.78 is 5.69. The summed E-state index contributed by atoms with van der Waals surface area (Å²) in [5, 5.41) is 6.71. The Balaban J connectivity index is 0.00000625. The van der Waals surface area contributed by atoms with Gasteiger partial charge in [0.25, 0.3) is 0 Å². The van der Waals surface area contributed by atoms with Crippen molar-refractivity contribution in [2.24, 2.45) is 4.99 Å². The summed E-state index contributed by atoms with van der Waals surface area (Å²) in [7, 11) is 2.18. The number of ether oxygens (including phenoxy) is 1. The number of nitrogens with zero attached hydrogens (tertiary/aromatic N) is 2. The summed E-state index contributed by atoms with van der Waals surface area (Å²) in [6.45, 7) is 11.0. The molecule has 0 radical (unpaired) electrons. The van der Waals surface area contributed by atoms with E-state index in [1.807, 2.05) is 30.3 Å². The van der Waals surface area contributed by atoms with E-state index in [0.29, 0.717) is 12.6 Å². The van der Waals surface area contributed by atoms with Crippen molar-refractivity contribution in [1.82, 2.24) is 15.5 Å². The van der Waals surface area contributed by atoms with Gasteiger partial charge in [0.2, 0.25) is 0 Å². The lowest BCUT2D eigenvalue weighted by molar-refractivity contribution is 0.268. The topological polar surface area (TPSA) is 48.9 Å². The van der Waals surface area contributed by atoms with Crippen molar-refractivity contribution in [2.75, 3.05) is 39.8 Å². The molecule has 0 amide bonds. The molecule has 5 nitrogen and oxygen atoms in total. The van der Waals surface area contributed by atoms with E-state index in [2.05, 4.69) is 48.3 Å². The highest BCUT2D eigenvalue weighted by Gasteiger charge is 2.02. The SMILES string of the molecule is CCNC(=NCCCOc1ccccc1)NCCCCN(C)C(C)C.I. The lowest BCUT2D eigenvalue weighted by Gasteiger charge is -2.20. The van der Waals surface area contributed by atoms with Crippen LogP contribution in [0.1, 0.15) is 40.0 Å². The lowest BCUT2D eigenvalue weighted by Crippen LogP contribution is -2.38. The molecule has 0 bridgehead atoms. The first-order valence-electron chi connectivity index (χ1n) is 9.53. The standard InChI is InChI=1S/C20H36N4O.HI/c1-5-21-20(22-14-9-10-16-24(4)18(2)3)23-15-11-17-25-19-12-7-6-8-13-19;/h6-8,12-13,18H,5,9-11,14-17H2,1-4H3,(H2,21,22,23);1H. The van der Waals surface area contributed by atoms with Crippen molar-refractivity contribution in [2.45, 2.75) is 46.1 Å². The monoisotopic (exact) mass is 476 g/mol. The lowest BCUT2D eigenvalue weighted by atomic mass is 10.2. The van der Waals surface area contributed by atoms with E-state index in [0.717, 1.165) is 50.7 Å². The Morgan fingerprint density at radius 2 is 1.85 bits per heavy atom. The number of hydrogen-bond acceptors (Lipinski definition) is 3. The largest absolute Gasteiger partial charge is 0.494 e. The minimum atomic E-state index is 0. The highest BCUT2D eigenvalue weighted by atomic mass is 127. The predicted octanol–water partition coefficient (Wildman–Crippen LogP) is 3.75. The average Bonchev–Trinajstić information content (AvgIpc) is 2.61. The van der Waals surface area contributed by atoms with Gasteiger partial charge in [-0.25, -0.2) is 0 Å². The van der Waals surface area contributed by atoms with Gasteiger partial charge in [-0.15, -0.1) is 24.0 Å². The maximum absolute atomic E-state index is 5.69. The van der Waals surface area contributed by atoms with Crippen LogP contribution in [0.15, 0.2) is 35.3 Å². The quantitative estimate of drug-likeness (QED) is 0.209. The molecule has 0 unspecified atom stereocenters. The predicted molar refractivity (Wildman–Crippen MR) is 123 cm³/mol. The number of aliphatic imine (C=N–C) groups is 1. The number of halogens is 1. The third kappa shape index (κ3) is 12.4. The first-order valence-corrected chi connectivity index (χ1v) is 9.53. The molecule has 150 valence electrons. The Morgan fingerprint density at radius 1 is 1.12 bits per heavy atom. The molecule has 0 fully saturated rings. The highest BCUT2D eigenvalue weighted by molar-refractivity contribution is 14.0. The number of para-hydroxylation sites is 1. The normalized spacial score (nSPS) is 11.4. The second kappa shape index (κ2) is 16.2. The maximum atomic E-state index is 5.69. The van der Waals surface area contributed by atoms with E-state index >= 15 is 0 Å². The summed E-state index contributed by atoms with van der Waals surface area (Å²) >= 11 is 0. The third-order valence-corrected chi connectivity index (χ3v) is 4.04. The molecule has 0 aliphatic heterocycles. The van der Waals surface area contributed by atoms with Gasteiger partial charge in [0.15, 0.2) is 5.96 Å². The van der Waals surface area contributed by atoms with E-state index in [1.54, 1.807) is 0 Å². The van der Waals surface area contributed by atoms with Crippen LogP contribution in [0, 0.1) is 0 Å². The van der Waals surface area contributed by atoms with Crippen molar-refractivity contribution in [3.8, 4) is 5.75 Å². The number of hydrogen-bond donors (Lipinski definition) is 2. The smallest absolute Gasteiger partial charge is 0.191 e. The Morgan fingerprint density at radius 3 is 2.50 bits per heavy atom. The minimum Gasteiger partial charge on any atom is -0.494 e. The zero-order valence-corrected chi connectivity index (χ0v) is 19.2. The van der Waals surface area contributed by atoms with Gasteiger partial charge in [0, 0.05) is 32.1 Å². The Kier molecular flexibility index (Phi) is 15.5. The van der Waals surface area contributed by atoms with Crippen molar-refractivity contribution < 1.29 is 4.74 Å². The molecule has 0 aromatic heterocycles. The molecular weight excluding hydrogens is 439 g/mol. The van der Waals surface area contributed by atoms with Crippen LogP contribution in [-0.2, 0) is 0 Å². The van der Waals surface area contributed by atoms with Gasteiger partial charge in [-0.3, -0.25) is 4.99 Å². The molecule has 26 heavy (non-hydrogen) atoms. The number of nitrogens with one attached hydrogen (secondary N) is 2. The minimum absolute atomic E-state index is 0. The van der Waals surface area contributed by atoms with Gasteiger partial charge in [-0.1, -0.05) is 18.2 Å². The Hall–Kier alpha value is -1.02. The van der Waals surface area contributed by atoms with Crippen molar-refractivity contribution in [1.29, 1.82) is 0 Å². The van der Waals surface area contributed by atoms with Crippen LogP contribution in [0.25, 0.3) is 0 Å². The molecule has 2 N–H and O–H groups in total. The van der Waals surface area contributed by atoms with Crippen LogP contribution in [0.5, 0.6) is 5.75 Å². The molecule has 0 spiro atoms. The Labute approximate surface area is 177 Å². The molecule has 0 saturated carbocycles. The fourth-order valence-electron chi connectivity index (χ4n) is 2.26. The van der Waals surface area contributed by atoms with Crippen LogP contribution in [0.2, 0.25) is 0 Å². The van der Waals surface area contributed by atoms with Gasteiger partial charge < -0.3 is 20.3 Å². The van der Waals surface area contributed by atoms with Crippen molar-refractivity contribution in [3.05, 3.63) is 30.3 Å². The average molecular weight is 476 g/mol. The van der Waals surface area contributed by atoms with Crippen LogP contribution in [0.4, 0.5) is 0 Å². The van der Waals surface area contributed by atoms with E-state index in [4.69, 9.17) is 4.74 Å². The van der Waals surface area contributed by atoms with E-state index in [9.17, 15) is 0 Å². The van der Waals surface area contributed by atoms with E-state index in [1.165, 1.54) is 6.42 Å². The highest BCUT2D eigenvalue weighted by Crippen LogP contribution is 2.08. The van der Waals surface area contributed by atoms with E-state index < -0.39 is 0 Å². The number of rotatable bonds is 12. The molecule has 0 aliphatic carbocycles. The number of unbranched alkanes of at least 4 members (excludes halogenated alkanes) is 1. The molecule has 0 aliphatic rings. The Bertz CT molecular complexity index is 468. The molecule has 0 heterocycles. The van der Waals surface area contributed by atoms with Crippen LogP contribution < -0.4 is 15.4 Å².